The van der Waals surface area contributed by atoms with Gasteiger partial charge in [-0.3, -0.25) is 0 Å². The molecule has 0 aliphatic rings. The topological polar surface area (TPSA) is 71.3 Å². The molecule has 1 aromatic heterocycles. The number of hydrogen-bond donors (Lipinski definition) is 2. The molecule has 0 spiro atoms. The van der Waals surface area contributed by atoms with Crippen LogP contribution in [0.1, 0.15) is 31.6 Å². The molecule has 1 rings (SSSR count). The Balaban J connectivity index is 2.21. The fourth-order valence-electron chi connectivity index (χ4n) is 1.56. The van der Waals surface area contributed by atoms with Gasteiger partial charge in [-0.1, -0.05) is 6.92 Å². The van der Waals surface area contributed by atoms with Gasteiger partial charge in [0.15, 0.2) is 0 Å². The molecule has 0 bridgehead atoms. The smallest absolute Gasteiger partial charge is 0.208 e. The molecule has 0 aromatic carbocycles. The minimum absolute atomic E-state index is 0.197. The standard InChI is InChI=1S/C11H20N2O3S/c1-3-10(11-6-4-9-16-11)12-7-5-8-13-17(2,14)15/h4,6,9-10,12-13H,3,5,7-8H2,1-2H3. The molecule has 98 valence electrons. The van der Waals surface area contributed by atoms with Gasteiger partial charge >= 0.3 is 0 Å². The third-order valence-electron chi connectivity index (χ3n) is 2.40. The Labute approximate surface area is 103 Å². The highest BCUT2D eigenvalue weighted by molar-refractivity contribution is 7.88. The van der Waals surface area contributed by atoms with Crippen molar-refractivity contribution in [2.45, 2.75) is 25.8 Å². The first-order valence-electron chi connectivity index (χ1n) is 5.74. The fourth-order valence-corrected chi connectivity index (χ4v) is 2.07. The lowest BCUT2D eigenvalue weighted by molar-refractivity contribution is 0.402. The molecule has 2 N–H and O–H groups in total. The van der Waals surface area contributed by atoms with Crippen LogP contribution in [0, 0.1) is 0 Å². The monoisotopic (exact) mass is 260 g/mol. The van der Waals surface area contributed by atoms with Crippen molar-refractivity contribution in [1.29, 1.82) is 0 Å². The highest BCUT2D eigenvalue weighted by atomic mass is 32.2. The molecule has 0 saturated carbocycles. The van der Waals surface area contributed by atoms with E-state index in [1.807, 2.05) is 12.1 Å². The van der Waals surface area contributed by atoms with Crippen molar-refractivity contribution in [3.05, 3.63) is 24.2 Å². The summed E-state index contributed by atoms with van der Waals surface area (Å²) in [6.07, 6.45) is 4.51. The molecular weight excluding hydrogens is 240 g/mol. The largest absolute Gasteiger partial charge is 0.468 e. The highest BCUT2D eigenvalue weighted by Crippen LogP contribution is 2.16. The van der Waals surface area contributed by atoms with Crippen molar-refractivity contribution in [2.24, 2.45) is 0 Å². The average molecular weight is 260 g/mol. The van der Waals surface area contributed by atoms with Crippen molar-refractivity contribution in [3.8, 4) is 0 Å². The molecule has 1 unspecified atom stereocenters. The van der Waals surface area contributed by atoms with Crippen LogP contribution in [0.5, 0.6) is 0 Å². The van der Waals surface area contributed by atoms with E-state index in [9.17, 15) is 8.42 Å². The molecule has 17 heavy (non-hydrogen) atoms. The molecule has 0 aliphatic carbocycles. The highest BCUT2D eigenvalue weighted by Gasteiger charge is 2.10. The maximum atomic E-state index is 10.8. The summed E-state index contributed by atoms with van der Waals surface area (Å²) in [7, 11) is -3.07. The first-order valence-corrected chi connectivity index (χ1v) is 7.63. The van der Waals surface area contributed by atoms with Crippen LogP contribution in [0.2, 0.25) is 0 Å². The van der Waals surface area contributed by atoms with Crippen LogP contribution in [0.15, 0.2) is 22.8 Å². The summed E-state index contributed by atoms with van der Waals surface area (Å²) in [5.74, 6) is 0.920. The van der Waals surface area contributed by atoms with E-state index in [-0.39, 0.29) is 6.04 Å². The molecule has 0 radical (unpaired) electrons. The van der Waals surface area contributed by atoms with E-state index >= 15 is 0 Å². The molecule has 0 amide bonds. The Bertz CT molecular complexity index is 400. The SMILES string of the molecule is CCC(NCCCNS(C)(=O)=O)c1ccco1. The van der Waals surface area contributed by atoms with Crippen molar-refractivity contribution < 1.29 is 12.8 Å². The van der Waals surface area contributed by atoms with Crippen LogP contribution < -0.4 is 10.0 Å². The number of furan rings is 1. The van der Waals surface area contributed by atoms with E-state index in [0.717, 1.165) is 31.4 Å². The number of nitrogens with one attached hydrogen (secondary N) is 2. The quantitative estimate of drug-likeness (QED) is 0.690. The van der Waals surface area contributed by atoms with E-state index in [4.69, 9.17) is 4.42 Å². The Morgan fingerprint density at radius 2 is 2.18 bits per heavy atom. The zero-order chi connectivity index (χ0) is 12.7. The van der Waals surface area contributed by atoms with Crippen LogP contribution in [-0.4, -0.2) is 27.8 Å². The molecule has 5 nitrogen and oxygen atoms in total. The molecule has 6 heteroatoms. The van der Waals surface area contributed by atoms with Crippen LogP contribution in [0.3, 0.4) is 0 Å². The number of hydrogen-bond acceptors (Lipinski definition) is 4. The van der Waals surface area contributed by atoms with E-state index in [2.05, 4.69) is 17.0 Å². The van der Waals surface area contributed by atoms with Gasteiger partial charge < -0.3 is 9.73 Å². The lowest BCUT2D eigenvalue weighted by Crippen LogP contribution is -2.28. The molecule has 0 fully saturated rings. The van der Waals surface area contributed by atoms with E-state index < -0.39 is 10.0 Å². The second-order valence-corrected chi connectivity index (χ2v) is 5.78. The van der Waals surface area contributed by atoms with Gasteiger partial charge in [0.2, 0.25) is 10.0 Å². The van der Waals surface area contributed by atoms with Crippen LogP contribution in [-0.2, 0) is 10.0 Å². The van der Waals surface area contributed by atoms with Crippen LogP contribution >= 0.6 is 0 Å². The lowest BCUT2D eigenvalue weighted by atomic mass is 10.1. The Morgan fingerprint density at radius 1 is 1.41 bits per heavy atom. The van der Waals surface area contributed by atoms with Gasteiger partial charge in [0.1, 0.15) is 5.76 Å². The summed E-state index contributed by atoms with van der Waals surface area (Å²) in [4.78, 5) is 0. The van der Waals surface area contributed by atoms with Gasteiger partial charge in [0.05, 0.1) is 18.6 Å². The van der Waals surface area contributed by atoms with Gasteiger partial charge in [-0.15, -0.1) is 0 Å². The van der Waals surface area contributed by atoms with Gasteiger partial charge in [-0.2, -0.15) is 0 Å². The maximum absolute atomic E-state index is 10.8. The Hall–Kier alpha value is -0.850. The zero-order valence-electron chi connectivity index (χ0n) is 10.3. The fraction of sp³-hybridized carbons (Fsp3) is 0.636. The summed E-state index contributed by atoms with van der Waals surface area (Å²) in [5, 5.41) is 3.33. The predicted octanol–water partition coefficient (Wildman–Crippen LogP) is 1.26. The molecular formula is C11H20N2O3S. The summed E-state index contributed by atoms with van der Waals surface area (Å²) in [6, 6.07) is 4.00. The van der Waals surface area contributed by atoms with E-state index in [1.54, 1.807) is 6.26 Å². The van der Waals surface area contributed by atoms with Crippen molar-refractivity contribution in [2.75, 3.05) is 19.3 Å². The molecule has 1 atom stereocenters. The number of rotatable bonds is 8. The van der Waals surface area contributed by atoms with Crippen LogP contribution in [0.4, 0.5) is 0 Å². The zero-order valence-corrected chi connectivity index (χ0v) is 11.1. The lowest BCUT2D eigenvalue weighted by Gasteiger charge is -2.14. The molecule has 0 saturated heterocycles. The summed E-state index contributed by atoms with van der Waals surface area (Å²) in [6.45, 7) is 3.29. The van der Waals surface area contributed by atoms with Crippen molar-refractivity contribution in [3.63, 3.8) is 0 Å². The average Bonchev–Trinajstić information content (AvgIpc) is 2.75. The summed E-state index contributed by atoms with van der Waals surface area (Å²) >= 11 is 0. The third kappa shape index (κ3) is 5.86. The van der Waals surface area contributed by atoms with Gasteiger partial charge in [-0.25, -0.2) is 13.1 Å². The minimum atomic E-state index is -3.07. The predicted molar refractivity (Wildman–Crippen MR) is 67.2 cm³/mol. The van der Waals surface area contributed by atoms with Gasteiger partial charge in [0.25, 0.3) is 0 Å². The maximum Gasteiger partial charge on any atom is 0.208 e. The summed E-state index contributed by atoms with van der Waals surface area (Å²) in [5.41, 5.74) is 0. The van der Waals surface area contributed by atoms with Gasteiger partial charge in [-0.05, 0) is 31.5 Å². The van der Waals surface area contributed by atoms with Crippen LogP contribution in [0.25, 0.3) is 0 Å². The summed E-state index contributed by atoms with van der Waals surface area (Å²) < 4.78 is 29.4. The molecule has 0 aliphatic heterocycles. The molecule has 1 heterocycles. The second-order valence-electron chi connectivity index (χ2n) is 3.95. The Morgan fingerprint density at radius 3 is 2.71 bits per heavy atom. The van der Waals surface area contributed by atoms with E-state index in [1.165, 1.54) is 0 Å². The third-order valence-corrected chi connectivity index (χ3v) is 3.13. The first kappa shape index (κ1) is 14.2. The van der Waals surface area contributed by atoms with Crippen molar-refractivity contribution >= 4 is 10.0 Å². The Kier molecular flexibility index (Phi) is 5.67. The normalized spacial score (nSPS) is 13.8. The molecule has 1 aromatic rings. The second kappa shape index (κ2) is 6.78. The first-order chi connectivity index (χ1) is 8.03. The van der Waals surface area contributed by atoms with Crippen molar-refractivity contribution in [1.82, 2.24) is 10.0 Å². The number of sulfonamides is 1. The van der Waals surface area contributed by atoms with Gasteiger partial charge in [0, 0.05) is 6.54 Å². The minimum Gasteiger partial charge on any atom is -0.468 e. The van der Waals surface area contributed by atoms with E-state index in [0.29, 0.717) is 6.54 Å².